The van der Waals surface area contributed by atoms with E-state index in [9.17, 15) is 9.90 Å². The lowest BCUT2D eigenvalue weighted by Crippen LogP contribution is -2.31. The van der Waals surface area contributed by atoms with E-state index in [1.807, 2.05) is 6.07 Å². The van der Waals surface area contributed by atoms with E-state index in [-0.39, 0.29) is 11.8 Å². The monoisotopic (exact) mass is 278 g/mol. The zero-order chi connectivity index (χ0) is 14.3. The summed E-state index contributed by atoms with van der Waals surface area (Å²) in [6.07, 6.45) is 3.56. The summed E-state index contributed by atoms with van der Waals surface area (Å²) in [5, 5.41) is 19.9. The Bertz CT molecular complexity index is 520. The molecule has 2 fully saturated rings. The first-order valence-corrected chi connectivity index (χ1v) is 6.71. The minimum Gasteiger partial charge on any atom is -0.495 e. The number of aliphatic hydroxyl groups is 1. The fraction of sp³-hybridized carbons (Fsp3) is 0.571. The molecule has 0 radical (unpaired) electrons. The van der Waals surface area contributed by atoms with Crippen molar-refractivity contribution in [2.24, 2.45) is 11.8 Å². The second kappa shape index (κ2) is 4.63. The number of methoxy groups -OCH3 is 1. The van der Waals surface area contributed by atoms with E-state index in [1.54, 1.807) is 19.5 Å². The van der Waals surface area contributed by atoms with E-state index in [4.69, 9.17) is 9.84 Å². The second-order valence-corrected chi connectivity index (χ2v) is 5.76. The Morgan fingerprint density at radius 2 is 2.05 bits per heavy atom. The molecule has 0 aromatic carbocycles. The Kier molecular flexibility index (Phi) is 3.05. The maximum absolute atomic E-state index is 11.0. The normalized spacial score (nSPS) is 32.2. The maximum atomic E-state index is 11.0. The Morgan fingerprint density at radius 3 is 2.60 bits per heavy atom. The standard InChI is InChI=1S/C14H18N2O4/c1-20-12-2-11(5-15-6-12)14(19)3-9-7-16(13(17)18)8-10(9)4-14/h2,5-6,9-10,19H,3-4,7-8H2,1H3,(H,17,18)/t9-,10+,14?. The fourth-order valence-corrected chi connectivity index (χ4v) is 3.53. The largest absolute Gasteiger partial charge is 0.495 e. The van der Waals surface area contributed by atoms with Crippen LogP contribution in [-0.4, -0.2) is 46.4 Å². The molecule has 1 aromatic heterocycles. The first-order chi connectivity index (χ1) is 9.51. The molecule has 2 aliphatic rings. The summed E-state index contributed by atoms with van der Waals surface area (Å²) in [5.74, 6) is 1.07. The van der Waals surface area contributed by atoms with Crippen molar-refractivity contribution >= 4 is 6.09 Å². The van der Waals surface area contributed by atoms with Crippen molar-refractivity contribution in [1.82, 2.24) is 9.88 Å². The Morgan fingerprint density at radius 1 is 1.40 bits per heavy atom. The quantitative estimate of drug-likeness (QED) is 0.852. The summed E-state index contributed by atoms with van der Waals surface area (Å²) in [6, 6.07) is 1.81. The van der Waals surface area contributed by atoms with Gasteiger partial charge in [0.25, 0.3) is 0 Å². The smallest absolute Gasteiger partial charge is 0.407 e. The van der Waals surface area contributed by atoms with Crippen LogP contribution >= 0.6 is 0 Å². The molecule has 6 heteroatoms. The van der Waals surface area contributed by atoms with Gasteiger partial charge < -0.3 is 19.8 Å². The van der Waals surface area contributed by atoms with Gasteiger partial charge in [0, 0.05) is 24.8 Å². The lowest BCUT2D eigenvalue weighted by molar-refractivity contribution is 0.0309. The van der Waals surface area contributed by atoms with Gasteiger partial charge in [-0.3, -0.25) is 4.98 Å². The molecule has 0 bridgehead atoms. The van der Waals surface area contributed by atoms with Crippen LogP contribution in [0.1, 0.15) is 18.4 Å². The number of carboxylic acid groups (broad SMARTS) is 1. The van der Waals surface area contributed by atoms with Gasteiger partial charge in [-0.2, -0.15) is 0 Å². The summed E-state index contributed by atoms with van der Waals surface area (Å²) < 4.78 is 5.14. The Balaban J connectivity index is 1.78. The fourth-order valence-electron chi connectivity index (χ4n) is 3.53. The van der Waals surface area contributed by atoms with Crippen LogP contribution < -0.4 is 4.74 Å². The molecule has 2 N–H and O–H groups in total. The molecule has 20 heavy (non-hydrogen) atoms. The molecule has 3 rings (SSSR count). The third-order valence-electron chi connectivity index (χ3n) is 4.53. The summed E-state index contributed by atoms with van der Waals surface area (Å²) in [5.41, 5.74) is -0.158. The highest BCUT2D eigenvalue weighted by Crippen LogP contribution is 2.49. The molecular weight excluding hydrogens is 260 g/mol. The highest BCUT2D eigenvalue weighted by molar-refractivity contribution is 5.65. The van der Waals surface area contributed by atoms with Crippen molar-refractivity contribution in [3.05, 3.63) is 24.0 Å². The summed E-state index contributed by atoms with van der Waals surface area (Å²) in [4.78, 5) is 16.5. The highest BCUT2D eigenvalue weighted by Gasteiger charge is 2.50. The molecule has 1 aliphatic heterocycles. The van der Waals surface area contributed by atoms with Crippen LogP contribution in [0.2, 0.25) is 0 Å². The predicted molar refractivity (Wildman–Crippen MR) is 70.5 cm³/mol. The van der Waals surface area contributed by atoms with Crippen molar-refractivity contribution in [2.75, 3.05) is 20.2 Å². The van der Waals surface area contributed by atoms with Gasteiger partial charge in [-0.05, 0) is 30.7 Å². The lowest BCUT2D eigenvalue weighted by atomic mass is 9.92. The number of ether oxygens (including phenoxy) is 1. The van der Waals surface area contributed by atoms with Gasteiger partial charge in [0.1, 0.15) is 5.75 Å². The minimum absolute atomic E-state index is 0.224. The zero-order valence-electron chi connectivity index (χ0n) is 11.3. The lowest BCUT2D eigenvalue weighted by Gasteiger charge is -2.25. The number of nitrogens with zero attached hydrogens (tertiary/aromatic N) is 2. The molecule has 3 atom stereocenters. The van der Waals surface area contributed by atoms with Crippen LogP contribution in [0.4, 0.5) is 4.79 Å². The van der Waals surface area contributed by atoms with Gasteiger partial charge in [0.2, 0.25) is 0 Å². The first-order valence-electron chi connectivity index (χ1n) is 6.71. The molecule has 108 valence electrons. The summed E-state index contributed by atoms with van der Waals surface area (Å²) >= 11 is 0. The predicted octanol–water partition coefficient (Wildman–Crippen LogP) is 1.30. The third kappa shape index (κ3) is 2.10. The number of hydrogen-bond acceptors (Lipinski definition) is 4. The third-order valence-corrected chi connectivity index (χ3v) is 4.53. The SMILES string of the molecule is COc1cncc(C2(O)C[C@H]3CN(C(=O)O)C[C@H]3C2)c1. The maximum Gasteiger partial charge on any atom is 0.407 e. The van der Waals surface area contributed by atoms with Crippen LogP contribution in [0.5, 0.6) is 5.75 Å². The number of rotatable bonds is 2. The highest BCUT2D eigenvalue weighted by atomic mass is 16.5. The molecule has 2 heterocycles. The molecule has 1 aromatic rings. The minimum atomic E-state index is -0.915. The van der Waals surface area contributed by atoms with E-state index in [0.29, 0.717) is 31.7 Å². The Labute approximate surface area is 117 Å². The first kappa shape index (κ1) is 13.2. The number of carbonyl (C=O) groups is 1. The number of pyridine rings is 1. The van der Waals surface area contributed by atoms with Crippen molar-refractivity contribution in [3.8, 4) is 5.75 Å². The van der Waals surface area contributed by atoms with Gasteiger partial charge in [-0.15, -0.1) is 0 Å². The van der Waals surface area contributed by atoms with E-state index >= 15 is 0 Å². The molecule has 1 saturated heterocycles. The second-order valence-electron chi connectivity index (χ2n) is 5.76. The molecule has 1 amide bonds. The molecular formula is C14H18N2O4. The van der Waals surface area contributed by atoms with Gasteiger partial charge in [0.05, 0.1) is 18.9 Å². The van der Waals surface area contributed by atoms with Gasteiger partial charge in [0.15, 0.2) is 0 Å². The van der Waals surface area contributed by atoms with Crippen LogP contribution in [0.3, 0.4) is 0 Å². The number of fused-ring (bicyclic) bond motifs is 1. The van der Waals surface area contributed by atoms with Crippen molar-refractivity contribution in [1.29, 1.82) is 0 Å². The number of aromatic nitrogens is 1. The zero-order valence-corrected chi connectivity index (χ0v) is 11.3. The van der Waals surface area contributed by atoms with Crippen LogP contribution in [0, 0.1) is 11.8 Å². The van der Waals surface area contributed by atoms with Gasteiger partial charge >= 0.3 is 6.09 Å². The van der Waals surface area contributed by atoms with Crippen molar-refractivity contribution < 1.29 is 19.7 Å². The Hall–Kier alpha value is -1.82. The van der Waals surface area contributed by atoms with E-state index in [1.165, 1.54) is 4.90 Å². The molecule has 6 nitrogen and oxygen atoms in total. The molecule has 1 unspecified atom stereocenters. The average molecular weight is 278 g/mol. The number of hydrogen-bond donors (Lipinski definition) is 2. The molecule has 1 saturated carbocycles. The molecule has 1 aliphatic carbocycles. The number of amides is 1. The average Bonchev–Trinajstić information content (AvgIpc) is 2.94. The van der Waals surface area contributed by atoms with Crippen LogP contribution in [0.25, 0.3) is 0 Å². The van der Waals surface area contributed by atoms with Gasteiger partial charge in [-0.1, -0.05) is 0 Å². The van der Waals surface area contributed by atoms with Gasteiger partial charge in [-0.25, -0.2) is 4.79 Å². The summed E-state index contributed by atoms with van der Waals surface area (Å²) in [6.45, 7) is 1.03. The van der Waals surface area contributed by atoms with Crippen LogP contribution in [0.15, 0.2) is 18.5 Å². The van der Waals surface area contributed by atoms with Crippen LogP contribution in [-0.2, 0) is 5.60 Å². The van der Waals surface area contributed by atoms with Crippen molar-refractivity contribution in [3.63, 3.8) is 0 Å². The molecule has 0 spiro atoms. The van der Waals surface area contributed by atoms with E-state index < -0.39 is 11.7 Å². The van der Waals surface area contributed by atoms with Crippen molar-refractivity contribution in [2.45, 2.75) is 18.4 Å². The van der Waals surface area contributed by atoms with E-state index in [2.05, 4.69) is 4.98 Å². The number of likely N-dealkylation sites (tertiary alicyclic amines) is 1. The topological polar surface area (TPSA) is 82.9 Å². The summed E-state index contributed by atoms with van der Waals surface area (Å²) in [7, 11) is 1.57. The van der Waals surface area contributed by atoms with E-state index in [0.717, 1.165) is 5.56 Å².